The van der Waals surface area contributed by atoms with Crippen LogP contribution in [0.2, 0.25) is 0 Å². The molecule has 0 N–H and O–H groups in total. The summed E-state index contributed by atoms with van der Waals surface area (Å²) in [5.74, 6) is 0.952. The first-order valence-electron chi connectivity index (χ1n) is 9.35. The van der Waals surface area contributed by atoms with Gasteiger partial charge in [0.1, 0.15) is 0 Å². The van der Waals surface area contributed by atoms with Crippen LogP contribution in [0.4, 0.5) is 0 Å². The molecule has 5 aromatic rings. The topological polar surface area (TPSA) is 22.2 Å². The van der Waals surface area contributed by atoms with Gasteiger partial charge in [-0.15, -0.1) is 0 Å². The third-order valence-electron chi connectivity index (χ3n) is 4.12. The van der Waals surface area contributed by atoms with Crippen molar-refractivity contribution in [1.29, 1.82) is 0 Å². The van der Waals surface area contributed by atoms with E-state index in [9.17, 15) is 0 Å². The Morgan fingerprint density at radius 1 is 0.577 bits per heavy atom. The standard InChI is InChI=1S/C19H13N3.2C2H6/c1-2-8-14(9-3-1)21-17-12-6-7-13-18(17)22-16-11-5-4-10-15(16)20-19(21)22;2*1-2/h1-13H;2*1-2H3. The lowest BCUT2D eigenvalue weighted by atomic mass is 10.2. The summed E-state index contributed by atoms with van der Waals surface area (Å²) >= 11 is 0. The fourth-order valence-electron chi connectivity index (χ4n) is 3.18. The molecular weight excluding hydrogens is 318 g/mol. The molecule has 132 valence electrons. The van der Waals surface area contributed by atoms with Crippen LogP contribution in [0.3, 0.4) is 0 Å². The molecule has 2 heterocycles. The highest BCUT2D eigenvalue weighted by molar-refractivity contribution is 5.91. The van der Waals surface area contributed by atoms with Crippen LogP contribution in [-0.2, 0) is 0 Å². The highest BCUT2D eigenvalue weighted by Gasteiger charge is 2.15. The first kappa shape index (κ1) is 17.7. The highest BCUT2D eigenvalue weighted by atomic mass is 15.2. The summed E-state index contributed by atoms with van der Waals surface area (Å²) < 4.78 is 4.45. The Balaban J connectivity index is 0.000000461. The molecule has 0 unspecified atom stereocenters. The molecule has 0 radical (unpaired) electrons. The van der Waals surface area contributed by atoms with Gasteiger partial charge in [0, 0.05) is 5.69 Å². The van der Waals surface area contributed by atoms with Gasteiger partial charge < -0.3 is 0 Å². The Labute approximate surface area is 154 Å². The molecule has 26 heavy (non-hydrogen) atoms. The Morgan fingerprint density at radius 2 is 1.12 bits per heavy atom. The molecule has 0 aliphatic rings. The molecule has 5 rings (SSSR count). The Morgan fingerprint density at radius 3 is 1.81 bits per heavy atom. The van der Waals surface area contributed by atoms with Gasteiger partial charge in [-0.25, -0.2) is 4.98 Å². The lowest BCUT2D eigenvalue weighted by Crippen LogP contribution is -1.94. The summed E-state index contributed by atoms with van der Waals surface area (Å²) in [4.78, 5) is 4.85. The van der Waals surface area contributed by atoms with E-state index in [4.69, 9.17) is 4.98 Å². The number of imidazole rings is 2. The summed E-state index contributed by atoms with van der Waals surface area (Å²) in [5.41, 5.74) is 5.64. The molecular formula is C23H25N3. The summed E-state index contributed by atoms with van der Waals surface area (Å²) in [6, 6.07) is 27.1. The minimum Gasteiger partial charge on any atom is -0.278 e. The lowest BCUT2D eigenvalue weighted by Gasteiger charge is -2.04. The Bertz CT molecular complexity index is 1120. The minimum atomic E-state index is 0.952. The molecule has 3 heteroatoms. The maximum absolute atomic E-state index is 4.85. The second-order valence-corrected chi connectivity index (χ2v) is 5.40. The van der Waals surface area contributed by atoms with Crippen molar-refractivity contribution in [3.05, 3.63) is 78.9 Å². The van der Waals surface area contributed by atoms with Gasteiger partial charge >= 0.3 is 0 Å². The van der Waals surface area contributed by atoms with Crippen LogP contribution >= 0.6 is 0 Å². The van der Waals surface area contributed by atoms with Crippen molar-refractivity contribution in [2.75, 3.05) is 0 Å². The van der Waals surface area contributed by atoms with E-state index >= 15 is 0 Å². The van der Waals surface area contributed by atoms with Gasteiger partial charge in [0.15, 0.2) is 0 Å². The number of hydrogen-bond donors (Lipinski definition) is 0. The first-order valence-corrected chi connectivity index (χ1v) is 9.35. The van der Waals surface area contributed by atoms with Crippen molar-refractivity contribution in [1.82, 2.24) is 14.0 Å². The van der Waals surface area contributed by atoms with Crippen LogP contribution in [-0.4, -0.2) is 14.0 Å². The molecule has 0 aliphatic carbocycles. The average molecular weight is 343 g/mol. The van der Waals surface area contributed by atoms with E-state index in [1.54, 1.807) is 0 Å². The van der Waals surface area contributed by atoms with Gasteiger partial charge in [-0.1, -0.05) is 70.2 Å². The molecule has 3 nitrogen and oxygen atoms in total. The smallest absolute Gasteiger partial charge is 0.220 e. The number of rotatable bonds is 1. The lowest BCUT2D eigenvalue weighted by molar-refractivity contribution is 1.11. The fourth-order valence-corrected chi connectivity index (χ4v) is 3.18. The average Bonchev–Trinajstić information content (AvgIpc) is 3.26. The van der Waals surface area contributed by atoms with Crippen molar-refractivity contribution >= 4 is 27.8 Å². The SMILES string of the molecule is CC.CC.c1ccc(-n2c3ccccc3n3c4ccccc4nc23)cc1. The Kier molecular flexibility index (Phi) is 5.37. The van der Waals surface area contributed by atoms with Gasteiger partial charge in [0.05, 0.1) is 22.1 Å². The third-order valence-corrected chi connectivity index (χ3v) is 4.12. The van der Waals surface area contributed by atoms with Crippen LogP contribution in [0.1, 0.15) is 27.7 Å². The third kappa shape index (κ3) is 2.76. The normalized spacial score (nSPS) is 10.3. The van der Waals surface area contributed by atoms with Crippen LogP contribution < -0.4 is 0 Å². The second-order valence-electron chi connectivity index (χ2n) is 5.40. The summed E-state index contributed by atoms with van der Waals surface area (Å²) in [6.07, 6.45) is 0. The molecule has 3 aromatic carbocycles. The molecule has 0 bridgehead atoms. The van der Waals surface area contributed by atoms with Gasteiger partial charge in [-0.05, 0) is 36.4 Å². The number of aromatic nitrogens is 3. The monoisotopic (exact) mass is 343 g/mol. The van der Waals surface area contributed by atoms with E-state index < -0.39 is 0 Å². The molecule has 0 atom stereocenters. The van der Waals surface area contributed by atoms with Crippen LogP contribution in [0.15, 0.2) is 78.9 Å². The number of hydrogen-bond acceptors (Lipinski definition) is 1. The minimum absolute atomic E-state index is 0.952. The maximum atomic E-state index is 4.85. The molecule has 0 saturated heterocycles. The van der Waals surface area contributed by atoms with Crippen molar-refractivity contribution < 1.29 is 0 Å². The van der Waals surface area contributed by atoms with Gasteiger partial charge in [-0.2, -0.15) is 0 Å². The zero-order valence-electron chi connectivity index (χ0n) is 15.8. The van der Waals surface area contributed by atoms with Crippen LogP contribution in [0, 0.1) is 0 Å². The van der Waals surface area contributed by atoms with Crippen molar-refractivity contribution in [2.45, 2.75) is 27.7 Å². The molecule has 0 fully saturated rings. The Hall–Kier alpha value is -3.07. The molecule has 0 saturated carbocycles. The van der Waals surface area contributed by atoms with Crippen molar-refractivity contribution in [3.8, 4) is 5.69 Å². The molecule has 0 spiro atoms. The number of fused-ring (bicyclic) bond motifs is 5. The van der Waals surface area contributed by atoms with Crippen molar-refractivity contribution in [3.63, 3.8) is 0 Å². The quantitative estimate of drug-likeness (QED) is 0.341. The van der Waals surface area contributed by atoms with Gasteiger partial charge in [0.25, 0.3) is 0 Å². The predicted molar refractivity (Wildman–Crippen MR) is 112 cm³/mol. The first-order chi connectivity index (χ1) is 12.9. The summed E-state index contributed by atoms with van der Waals surface area (Å²) in [6.45, 7) is 8.00. The number of benzene rings is 3. The van der Waals surface area contributed by atoms with E-state index in [1.807, 2.05) is 39.8 Å². The number of nitrogens with zero attached hydrogens (tertiary/aromatic N) is 3. The second kappa shape index (κ2) is 7.87. The van der Waals surface area contributed by atoms with Crippen molar-refractivity contribution in [2.24, 2.45) is 0 Å². The van der Waals surface area contributed by atoms with Gasteiger partial charge in [0.2, 0.25) is 5.78 Å². The van der Waals surface area contributed by atoms with E-state index in [-0.39, 0.29) is 0 Å². The molecule has 0 aliphatic heterocycles. The van der Waals surface area contributed by atoms with E-state index in [0.717, 1.165) is 22.5 Å². The summed E-state index contributed by atoms with van der Waals surface area (Å²) in [5, 5.41) is 0. The summed E-state index contributed by atoms with van der Waals surface area (Å²) in [7, 11) is 0. The molecule has 0 amide bonds. The van der Waals surface area contributed by atoms with E-state index in [0.29, 0.717) is 0 Å². The van der Waals surface area contributed by atoms with Gasteiger partial charge in [-0.3, -0.25) is 8.97 Å². The number of para-hydroxylation sites is 5. The van der Waals surface area contributed by atoms with E-state index in [2.05, 4.69) is 75.7 Å². The predicted octanol–water partition coefficient (Wildman–Crippen LogP) is 6.48. The molecule has 2 aromatic heterocycles. The zero-order valence-corrected chi connectivity index (χ0v) is 15.8. The fraction of sp³-hybridized carbons (Fsp3) is 0.174. The largest absolute Gasteiger partial charge is 0.278 e. The zero-order chi connectivity index (χ0) is 18.5. The van der Waals surface area contributed by atoms with E-state index in [1.165, 1.54) is 11.0 Å². The van der Waals surface area contributed by atoms with Crippen LogP contribution in [0.25, 0.3) is 33.5 Å². The van der Waals surface area contributed by atoms with Crippen LogP contribution in [0.5, 0.6) is 0 Å². The highest BCUT2D eigenvalue weighted by Crippen LogP contribution is 2.28. The maximum Gasteiger partial charge on any atom is 0.220 e.